The van der Waals surface area contributed by atoms with Crippen molar-refractivity contribution in [2.45, 2.75) is 88.8 Å². The molecule has 3 nitrogen and oxygen atoms in total. The van der Waals surface area contributed by atoms with E-state index in [0.717, 1.165) is 32.5 Å². The Labute approximate surface area is 118 Å². The van der Waals surface area contributed by atoms with Crippen LogP contribution in [0.3, 0.4) is 0 Å². The van der Waals surface area contributed by atoms with E-state index >= 15 is 0 Å². The van der Waals surface area contributed by atoms with E-state index < -0.39 is 5.60 Å². The molecule has 19 heavy (non-hydrogen) atoms. The standard InChI is InChI=1S/C16H31NO2/c1-2-3-4-5-6-7-8-9-16(18)10-14-12-19-13-15(11-16)17-14/h14-15,17-18H,2-13H2,1H3. The molecule has 0 aliphatic carbocycles. The van der Waals surface area contributed by atoms with Crippen molar-refractivity contribution in [1.82, 2.24) is 5.32 Å². The maximum absolute atomic E-state index is 10.7. The van der Waals surface area contributed by atoms with Gasteiger partial charge in [0.2, 0.25) is 0 Å². The highest BCUT2D eigenvalue weighted by Crippen LogP contribution is 2.32. The van der Waals surface area contributed by atoms with Crippen molar-refractivity contribution < 1.29 is 9.84 Å². The van der Waals surface area contributed by atoms with E-state index in [2.05, 4.69) is 12.2 Å². The van der Waals surface area contributed by atoms with Crippen LogP contribution in [0.15, 0.2) is 0 Å². The number of aliphatic hydroxyl groups is 1. The summed E-state index contributed by atoms with van der Waals surface area (Å²) < 4.78 is 5.54. The molecule has 0 spiro atoms. The Kier molecular flexibility index (Phi) is 6.11. The molecule has 0 aromatic heterocycles. The number of morpholine rings is 1. The summed E-state index contributed by atoms with van der Waals surface area (Å²) >= 11 is 0. The Morgan fingerprint density at radius 3 is 2.21 bits per heavy atom. The van der Waals surface area contributed by atoms with Crippen LogP contribution in [0.1, 0.15) is 71.1 Å². The fourth-order valence-electron chi connectivity index (χ4n) is 3.63. The molecule has 2 rings (SSSR count). The summed E-state index contributed by atoms with van der Waals surface area (Å²) in [5, 5.41) is 14.3. The van der Waals surface area contributed by atoms with Crippen LogP contribution in [0.2, 0.25) is 0 Å². The van der Waals surface area contributed by atoms with Crippen LogP contribution in [0, 0.1) is 0 Å². The summed E-state index contributed by atoms with van der Waals surface area (Å²) in [6, 6.07) is 0.754. The molecule has 0 amide bonds. The van der Waals surface area contributed by atoms with E-state index in [9.17, 15) is 5.11 Å². The molecule has 3 heteroatoms. The number of nitrogens with one attached hydrogen (secondary N) is 1. The van der Waals surface area contributed by atoms with Crippen LogP contribution in [0.4, 0.5) is 0 Å². The highest BCUT2D eigenvalue weighted by Gasteiger charge is 2.40. The second-order valence-electron chi connectivity index (χ2n) is 6.60. The largest absolute Gasteiger partial charge is 0.390 e. The second-order valence-corrected chi connectivity index (χ2v) is 6.60. The van der Waals surface area contributed by atoms with Gasteiger partial charge in [0.15, 0.2) is 0 Å². The lowest BCUT2D eigenvalue weighted by Gasteiger charge is -2.45. The second kappa shape index (κ2) is 7.61. The Balaban J connectivity index is 1.59. The summed E-state index contributed by atoms with van der Waals surface area (Å²) in [6.07, 6.45) is 12.0. The SMILES string of the molecule is CCCCCCCCCC1(O)CC2COCC(C1)N2. The van der Waals surface area contributed by atoms with Gasteiger partial charge in [0, 0.05) is 12.1 Å². The fraction of sp³-hybridized carbons (Fsp3) is 1.00. The zero-order valence-corrected chi connectivity index (χ0v) is 12.5. The molecule has 2 bridgehead atoms. The molecule has 2 atom stereocenters. The number of fused-ring (bicyclic) bond motifs is 2. The van der Waals surface area contributed by atoms with Gasteiger partial charge in [-0.3, -0.25) is 0 Å². The third-order valence-corrected chi connectivity index (χ3v) is 4.61. The molecular weight excluding hydrogens is 238 g/mol. The van der Waals surface area contributed by atoms with Crippen molar-refractivity contribution in [2.75, 3.05) is 13.2 Å². The van der Waals surface area contributed by atoms with E-state index in [1.54, 1.807) is 0 Å². The maximum atomic E-state index is 10.7. The lowest BCUT2D eigenvalue weighted by atomic mass is 9.79. The Morgan fingerprint density at radius 1 is 1.00 bits per heavy atom. The fourth-order valence-corrected chi connectivity index (χ4v) is 3.63. The van der Waals surface area contributed by atoms with E-state index in [1.807, 2.05) is 0 Å². The van der Waals surface area contributed by atoms with Gasteiger partial charge in [-0.2, -0.15) is 0 Å². The first kappa shape index (κ1) is 15.3. The molecule has 2 unspecified atom stereocenters. The molecule has 2 saturated heterocycles. The Hall–Kier alpha value is -0.120. The number of ether oxygens (including phenoxy) is 1. The van der Waals surface area contributed by atoms with Gasteiger partial charge in [-0.1, -0.05) is 51.9 Å². The van der Waals surface area contributed by atoms with Crippen molar-refractivity contribution in [1.29, 1.82) is 0 Å². The lowest BCUT2D eigenvalue weighted by Crippen LogP contribution is -2.59. The summed E-state index contributed by atoms with van der Waals surface area (Å²) in [4.78, 5) is 0. The molecule has 0 radical (unpaired) electrons. The first-order chi connectivity index (χ1) is 9.22. The van der Waals surface area contributed by atoms with Gasteiger partial charge < -0.3 is 15.2 Å². The van der Waals surface area contributed by atoms with Crippen LogP contribution in [0.5, 0.6) is 0 Å². The normalized spacial score (nSPS) is 34.4. The maximum Gasteiger partial charge on any atom is 0.0679 e. The van der Waals surface area contributed by atoms with Crippen LogP contribution >= 0.6 is 0 Å². The first-order valence-corrected chi connectivity index (χ1v) is 8.28. The van der Waals surface area contributed by atoms with Crippen molar-refractivity contribution in [3.63, 3.8) is 0 Å². The molecule has 0 saturated carbocycles. The first-order valence-electron chi connectivity index (χ1n) is 8.28. The van der Waals surface area contributed by atoms with Crippen molar-refractivity contribution >= 4 is 0 Å². The monoisotopic (exact) mass is 269 g/mol. The number of hydrogen-bond donors (Lipinski definition) is 2. The van der Waals surface area contributed by atoms with Crippen LogP contribution in [-0.4, -0.2) is 36.0 Å². The Morgan fingerprint density at radius 2 is 1.58 bits per heavy atom. The quantitative estimate of drug-likeness (QED) is 0.666. The van der Waals surface area contributed by atoms with Crippen molar-refractivity contribution in [3.8, 4) is 0 Å². The van der Waals surface area contributed by atoms with Gasteiger partial charge in [0.05, 0.1) is 18.8 Å². The zero-order chi connectivity index (χ0) is 13.6. The third kappa shape index (κ3) is 5.05. The van der Waals surface area contributed by atoms with Gasteiger partial charge in [-0.15, -0.1) is 0 Å². The molecular formula is C16H31NO2. The van der Waals surface area contributed by atoms with E-state index in [-0.39, 0.29) is 0 Å². The summed E-state index contributed by atoms with van der Waals surface area (Å²) in [7, 11) is 0. The van der Waals surface area contributed by atoms with Crippen LogP contribution < -0.4 is 5.32 Å². The molecule has 2 aliphatic heterocycles. The lowest BCUT2D eigenvalue weighted by molar-refractivity contribution is -0.0808. The minimum absolute atomic E-state index is 0.377. The topological polar surface area (TPSA) is 41.5 Å². The molecule has 2 aliphatic rings. The smallest absolute Gasteiger partial charge is 0.0679 e. The van der Waals surface area contributed by atoms with E-state index in [1.165, 1.54) is 44.9 Å². The molecule has 112 valence electrons. The molecule has 0 aromatic carbocycles. The predicted octanol–water partition coefficient (Wildman–Crippen LogP) is 3.01. The Bertz CT molecular complexity index is 245. The minimum atomic E-state index is -0.423. The van der Waals surface area contributed by atoms with Crippen molar-refractivity contribution in [2.24, 2.45) is 0 Å². The number of hydrogen-bond acceptors (Lipinski definition) is 3. The third-order valence-electron chi connectivity index (χ3n) is 4.61. The summed E-state index contributed by atoms with van der Waals surface area (Å²) in [6.45, 7) is 3.80. The van der Waals surface area contributed by atoms with Gasteiger partial charge in [0.25, 0.3) is 0 Å². The van der Waals surface area contributed by atoms with E-state index in [4.69, 9.17) is 4.74 Å². The zero-order valence-electron chi connectivity index (χ0n) is 12.5. The summed E-state index contributed by atoms with van der Waals surface area (Å²) in [5.41, 5.74) is -0.423. The average molecular weight is 269 g/mol. The molecule has 2 heterocycles. The van der Waals surface area contributed by atoms with Crippen molar-refractivity contribution in [3.05, 3.63) is 0 Å². The number of unbranched alkanes of at least 4 members (excludes halogenated alkanes) is 6. The van der Waals surface area contributed by atoms with Gasteiger partial charge in [-0.25, -0.2) is 0 Å². The highest BCUT2D eigenvalue weighted by molar-refractivity contribution is 4.97. The van der Waals surface area contributed by atoms with Crippen LogP contribution in [0.25, 0.3) is 0 Å². The van der Waals surface area contributed by atoms with Gasteiger partial charge in [0.1, 0.15) is 0 Å². The molecule has 2 fully saturated rings. The highest BCUT2D eigenvalue weighted by atomic mass is 16.5. The van der Waals surface area contributed by atoms with Gasteiger partial charge >= 0.3 is 0 Å². The van der Waals surface area contributed by atoms with E-state index in [0.29, 0.717) is 12.1 Å². The minimum Gasteiger partial charge on any atom is -0.390 e. The molecule has 2 N–H and O–H groups in total. The predicted molar refractivity (Wildman–Crippen MR) is 78.3 cm³/mol. The summed E-state index contributed by atoms with van der Waals surface area (Å²) in [5.74, 6) is 0. The number of piperidine rings is 1. The molecule has 0 aromatic rings. The van der Waals surface area contributed by atoms with Crippen LogP contribution in [-0.2, 0) is 4.74 Å². The van der Waals surface area contributed by atoms with Gasteiger partial charge in [-0.05, 0) is 19.3 Å². The average Bonchev–Trinajstić information content (AvgIpc) is 2.37. The number of rotatable bonds is 8.